The lowest BCUT2D eigenvalue weighted by Gasteiger charge is -2.21. The van der Waals surface area contributed by atoms with Crippen molar-refractivity contribution in [1.29, 1.82) is 0 Å². The van der Waals surface area contributed by atoms with Gasteiger partial charge in [0.2, 0.25) is 5.95 Å². The molecule has 1 aromatic carbocycles. The number of furan rings is 1. The van der Waals surface area contributed by atoms with Gasteiger partial charge >= 0.3 is 0 Å². The lowest BCUT2D eigenvalue weighted by atomic mass is 10.0. The van der Waals surface area contributed by atoms with Crippen molar-refractivity contribution in [3.05, 3.63) is 65.4 Å². The van der Waals surface area contributed by atoms with Crippen LogP contribution in [0.3, 0.4) is 0 Å². The third-order valence-electron chi connectivity index (χ3n) is 5.30. The van der Waals surface area contributed by atoms with E-state index in [0.717, 1.165) is 49.2 Å². The fourth-order valence-electron chi connectivity index (χ4n) is 3.64. The van der Waals surface area contributed by atoms with Gasteiger partial charge in [0.05, 0.1) is 12.8 Å². The molecule has 0 bridgehead atoms. The molecule has 0 amide bonds. The zero-order chi connectivity index (χ0) is 18.8. The Morgan fingerprint density at radius 2 is 2.00 bits per heavy atom. The summed E-state index contributed by atoms with van der Waals surface area (Å²) in [6.07, 6.45) is 2.79. The summed E-state index contributed by atoms with van der Waals surface area (Å²) in [6.45, 7) is 6.42. The number of ether oxygens (including phenoxy) is 1. The Morgan fingerprint density at radius 3 is 2.67 bits per heavy atom. The van der Waals surface area contributed by atoms with Gasteiger partial charge in [-0.1, -0.05) is 37.3 Å². The van der Waals surface area contributed by atoms with Crippen LogP contribution in [-0.4, -0.2) is 28.4 Å². The van der Waals surface area contributed by atoms with Crippen molar-refractivity contribution >= 4 is 5.95 Å². The van der Waals surface area contributed by atoms with Crippen molar-refractivity contribution in [3.8, 4) is 0 Å². The van der Waals surface area contributed by atoms with Crippen molar-refractivity contribution in [2.24, 2.45) is 5.92 Å². The van der Waals surface area contributed by atoms with Crippen molar-refractivity contribution in [2.45, 2.75) is 39.5 Å². The highest BCUT2D eigenvalue weighted by Gasteiger charge is 2.32. The molecule has 1 aliphatic rings. The van der Waals surface area contributed by atoms with E-state index < -0.39 is 0 Å². The lowest BCUT2D eigenvalue weighted by molar-refractivity contribution is 0.0843. The molecule has 1 saturated heterocycles. The highest BCUT2D eigenvalue weighted by Crippen LogP contribution is 2.34. The molecule has 3 aromatic rings. The zero-order valence-electron chi connectivity index (χ0n) is 16.1. The van der Waals surface area contributed by atoms with Gasteiger partial charge in [-0.2, -0.15) is 0 Å². The molecule has 0 aliphatic carbocycles. The summed E-state index contributed by atoms with van der Waals surface area (Å²) in [6, 6.07) is 12.4. The molecule has 2 atom stereocenters. The van der Waals surface area contributed by atoms with Crippen LogP contribution in [0.15, 0.2) is 47.1 Å². The molecular formula is C21H26N4O2. The van der Waals surface area contributed by atoms with Crippen LogP contribution in [0.4, 0.5) is 5.95 Å². The predicted molar refractivity (Wildman–Crippen MR) is 104 cm³/mol. The molecule has 0 spiro atoms. The summed E-state index contributed by atoms with van der Waals surface area (Å²) >= 11 is 0. The molecule has 0 radical (unpaired) electrons. The molecule has 6 nitrogen and oxygen atoms in total. The Bertz CT molecular complexity index is 887. The maximum absolute atomic E-state index is 5.99. The van der Waals surface area contributed by atoms with Gasteiger partial charge in [0, 0.05) is 25.8 Å². The largest absolute Gasteiger partial charge is 0.469 e. The molecule has 1 aliphatic heterocycles. The predicted octanol–water partition coefficient (Wildman–Crippen LogP) is 3.96. The first-order chi connectivity index (χ1) is 13.1. The minimum atomic E-state index is -0.000904. The van der Waals surface area contributed by atoms with Crippen molar-refractivity contribution in [3.63, 3.8) is 0 Å². The molecule has 27 heavy (non-hydrogen) atoms. The molecule has 0 unspecified atom stereocenters. The standard InChI is InChI=1S/C21H26N4O2/c1-15-9-11-27-19(15)20-22-23-21(24(3)14-18-10-12-26-16(18)2)25(20)13-17-7-5-4-6-8-17/h4-8,10,12,15,19H,9,11,13-14H2,1-3H3/t15-,19+/m0/s1. The third-order valence-corrected chi connectivity index (χ3v) is 5.30. The Balaban J connectivity index is 1.67. The van der Waals surface area contributed by atoms with Gasteiger partial charge < -0.3 is 14.1 Å². The first-order valence-corrected chi connectivity index (χ1v) is 9.46. The second-order valence-electron chi connectivity index (χ2n) is 7.35. The van der Waals surface area contributed by atoms with Crippen LogP contribution in [0, 0.1) is 12.8 Å². The van der Waals surface area contributed by atoms with E-state index in [1.54, 1.807) is 6.26 Å². The molecule has 0 saturated carbocycles. The molecule has 2 aromatic heterocycles. The van der Waals surface area contributed by atoms with E-state index >= 15 is 0 Å². The van der Waals surface area contributed by atoms with Gasteiger partial charge in [0.25, 0.3) is 0 Å². The van der Waals surface area contributed by atoms with Gasteiger partial charge in [-0.25, -0.2) is 0 Å². The first kappa shape index (κ1) is 17.8. The molecule has 3 heterocycles. The van der Waals surface area contributed by atoms with E-state index in [2.05, 4.69) is 50.9 Å². The highest BCUT2D eigenvalue weighted by molar-refractivity contribution is 5.35. The summed E-state index contributed by atoms with van der Waals surface area (Å²) in [5.41, 5.74) is 2.37. The Morgan fingerprint density at radius 1 is 1.19 bits per heavy atom. The van der Waals surface area contributed by atoms with Crippen LogP contribution in [0.25, 0.3) is 0 Å². The maximum atomic E-state index is 5.99. The van der Waals surface area contributed by atoms with Gasteiger partial charge in [0.1, 0.15) is 11.9 Å². The minimum Gasteiger partial charge on any atom is -0.469 e. The normalized spacial score (nSPS) is 19.5. The maximum Gasteiger partial charge on any atom is 0.227 e. The van der Waals surface area contributed by atoms with E-state index in [-0.39, 0.29) is 6.10 Å². The summed E-state index contributed by atoms with van der Waals surface area (Å²) < 4.78 is 13.6. The zero-order valence-corrected chi connectivity index (χ0v) is 16.1. The van der Waals surface area contributed by atoms with Crippen molar-refractivity contribution < 1.29 is 9.15 Å². The molecular weight excluding hydrogens is 340 g/mol. The average molecular weight is 366 g/mol. The lowest BCUT2D eigenvalue weighted by Crippen LogP contribution is -2.23. The van der Waals surface area contributed by atoms with Crippen LogP contribution in [0.5, 0.6) is 0 Å². The van der Waals surface area contributed by atoms with Gasteiger partial charge in [0.15, 0.2) is 5.82 Å². The number of aryl methyl sites for hydroxylation is 1. The summed E-state index contributed by atoms with van der Waals surface area (Å²) in [5, 5.41) is 9.07. The number of hydrogen-bond donors (Lipinski definition) is 0. The van der Waals surface area contributed by atoms with Gasteiger partial charge in [-0.3, -0.25) is 4.57 Å². The quantitative estimate of drug-likeness (QED) is 0.661. The number of anilines is 1. The second-order valence-corrected chi connectivity index (χ2v) is 7.35. The SMILES string of the molecule is Cc1occc1CN(C)c1nnc([C@@H]2OCC[C@@H]2C)n1Cc1ccccc1. The van der Waals surface area contributed by atoms with Crippen LogP contribution in [-0.2, 0) is 17.8 Å². The Labute approximate surface area is 159 Å². The molecule has 6 heteroatoms. The minimum absolute atomic E-state index is 0.000904. The number of aromatic nitrogens is 3. The highest BCUT2D eigenvalue weighted by atomic mass is 16.5. The Hall–Kier alpha value is -2.60. The smallest absolute Gasteiger partial charge is 0.227 e. The third kappa shape index (κ3) is 3.62. The molecule has 4 rings (SSSR count). The van der Waals surface area contributed by atoms with Crippen LogP contribution >= 0.6 is 0 Å². The number of rotatable bonds is 6. The molecule has 142 valence electrons. The van der Waals surface area contributed by atoms with E-state index in [1.165, 1.54) is 5.56 Å². The van der Waals surface area contributed by atoms with Crippen LogP contribution in [0.2, 0.25) is 0 Å². The van der Waals surface area contributed by atoms with Gasteiger partial charge in [-0.05, 0) is 30.9 Å². The van der Waals surface area contributed by atoms with Crippen LogP contribution in [0.1, 0.15) is 42.2 Å². The monoisotopic (exact) mass is 366 g/mol. The first-order valence-electron chi connectivity index (χ1n) is 9.46. The van der Waals surface area contributed by atoms with Crippen molar-refractivity contribution in [2.75, 3.05) is 18.6 Å². The van der Waals surface area contributed by atoms with E-state index in [9.17, 15) is 0 Å². The summed E-state index contributed by atoms with van der Waals surface area (Å²) in [4.78, 5) is 2.12. The summed E-state index contributed by atoms with van der Waals surface area (Å²) in [7, 11) is 2.04. The number of hydrogen-bond acceptors (Lipinski definition) is 5. The molecule has 0 N–H and O–H groups in total. The van der Waals surface area contributed by atoms with Gasteiger partial charge in [-0.15, -0.1) is 10.2 Å². The summed E-state index contributed by atoms with van der Waals surface area (Å²) in [5.74, 6) is 3.13. The topological polar surface area (TPSA) is 56.3 Å². The fraction of sp³-hybridized carbons (Fsp3) is 0.429. The fourth-order valence-corrected chi connectivity index (χ4v) is 3.64. The van der Waals surface area contributed by atoms with E-state index in [1.807, 2.05) is 26.1 Å². The number of nitrogens with zero attached hydrogens (tertiary/aromatic N) is 4. The van der Waals surface area contributed by atoms with E-state index in [0.29, 0.717) is 5.92 Å². The number of benzene rings is 1. The van der Waals surface area contributed by atoms with Crippen LogP contribution < -0.4 is 4.90 Å². The average Bonchev–Trinajstić information content (AvgIpc) is 3.37. The Kier molecular flexibility index (Phi) is 4.99. The second kappa shape index (κ2) is 7.56. The molecule has 1 fully saturated rings. The van der Waals surface area contributed by atoms with E-state index in [4.69, 9.17) is 9.15 Å². The van der Waals surface area contributed by atoms with Crippen molar-refractivity contribution in [1.82, 2.24) is 14.8 Å².